The first-order valence-electron chi connectivity index (χ1n) is 11.8. The molecule has 0 aromatic carbocycles. The van der Waals surface area contributed by atoms with E-state index in [1.165, 1.54) is 0 Å². The molecule has 0 unspecified atom stereocenters. The summed E-state index contributed by atoms with van der Waals surface area (Å²) in [7, 11) is 0. The maximum atomic E-state index is 12.4. The monoisotopic (exact) mass is 492 g/mol. The standard InChI is InChI=1S/C27H24N8O2/c1-27(2,3)10-21(36)31-18-8-16(11-28-13-18)17-9-19-23(34-35-25(19)30-12-17)26-32-20-4-6-29-22(24(20)33-26)15-5-7-37-14-15/h4-9,11-14H,10H2,1-3H3,(H,31,36)(H,32,33)(H,30,34,35). The van der Waals surface area contributed by atoms with Crippen molar-refractivity contribution < 1.29 is 9.21 Å². The summed E-state index contributed by atoms with van der Waals surface area (Å²) >= 11 is 0. The second-order valence-corrected chi connectivity index (χ2v) is 10.1. The Kier molecular flexibility index (Phi) is 5.29. The molecule has 0 aliphatic carbocycles. The highest BCUT2D eigenvalue weighted by Crippen LogP contribution is 2.32. The van der Waals surface area contributed by atoms with E-state index in [4.69, 9.17) is 9.40 Å². The van der Waals surface area contributed by atoms with Crippen LogP contribution in [0.15, 0.2) is 66.0 Å². The Labute approximate surface area is 211 Å². The number of fused-ring (bicyclic) bond motifs is 2. The quantitative estimate of drug-likeness (QED) is 0.285. The van der Waals surface area contributed by atoms with Gasteiger partial charge in [0.2, 0.25) is 5.91 Å². The first kappa shape index (κ1) is 22.6. The lowest BCUT2D eigenvalue weighted by atomic mass is 9.92. The highest BCUT2D eigenvalue weighted by Gasteiger charge is 2.18. The fourth-order valence-corrected chi connectivity index (χ4v) is 4.25. The molecule has 3 N–H and O–H groups in total. The third-order valence-electron chi connectivity index (χ3n) is 5.88. The molecule has 0 atom stereocenters. The van der Waals surface area contributed by atoms with Crippen LogP contribution in [-0.4, -0.2) is 41.0 Å². The Bertz CT molecular complexity index is 1740. The minimum absolute atomic E-state index is 0.0497. The number of furan rings is 1. The van der Waals surface area contributed by atoms with E-state index in [2.05, 4.69) is 35.5 Å². The fourth-order valence-electron chi connectivity index (χ4n) is 4.25. The summed E-state index contributed by atoms with van der Waals surface area (Å²) in [4.78, 5) is 33.9. The van der Waals surface area contributed by atoms with Crippen LogP contribution in [0, 0.1) is 5.41 Å². The van der Waals surface area contributed by atoms with Crippen LogP contribution in [0.25, 0.3) is 56.0 Å². The third kappa shape index (κ3) is 4.44. The molecule has 0 aliphatic heterocycles. The number of anilines is 1. The Balaban J connectivity index is 1.36. The molecular weight excluding hydrogens is 468 g/mol. The molecule has 0 fully saturated rings. The summed E-state index contributed by atoms with van der Waals surface area (Å²) in [5.74, 6) is 0.547. The lowest BCUT2D eigenvalue weighted by Crippen LogP contribution is -2.19. The second-order valence-electron chi connectivity index (χ2n) is 10.1. The average molecular weight is 493 g/mol. The number of aromatic nitrogens is 7. The molecule has 0 saturated heterocycles. The predicted molar refractivity (Wildman–Crippen MR) is 140 cm³/mol. The van der Waals surface area contributed by atoms with Crippen LogP contribution in [0.1, 0.15) is 27.2 Å². The molecule has 0 saturated carbocycles. The number of amides is 1. The van der Waals surface area contributed by atoms with Gasteiger partial charge in [0, 0.05) is 41.7 Å². The molecule has 184 valence electrons. The van der Waals surface area contributed by atoms with Gasteiger partial charge in [0.15, 0.2) is 11.5 Å². The average Bonchev–Trinajstić information content (AvgIpc) is 3.61. The number of imidazole rings is 1. The van der Waals surface area contributed by atoms with Crippen LogP contribution in [0.4, 0.5) is 5.69 Å². The molecule has 10 heteroatoms. The predicted octanol–water partition coefficient (Wildman–Crippen LogP) is 5.59. The number of rotatable bonds is 5. The van der Waals surface area contributed by atoms with E-state index in [1.807, 2.05) is 45.0 Å². The van der Waals surface area contributed by atoms with E-state index in [-0.39, 0.29) is 11.3 Å². The highest BCUT2D eigenvalue weighted by atomic mass is 16.3. The summed E-state index contributed by atoms with van der Waals surface area (Å²) < 4.78 is 5.23. The molecule has 6 rings (SSSR count). The van der Waals surface area contributed by atoms with Crippen molar-refractivity contribution in [2.75, 3.05) is 5.32 Å². The van der Waals surface area contributed by atoms with Crippen molar-refractivity contribution in [2.45, 2.75) is 27.2 Å². The van der Waals surface area contributed by atoms with Crippen LogP contribution in [0.5, 0.6) is 0 Å². The maximum absolute atomic E-state index is 12.4. The third-order valence-corrected chi connectivity index (χ3v) is 5.88. The first-order chi connectivity index (χ1) is 17.8. The van der Waals surface area contributed by atoms with Crippen LogP contribution >= 0.6 is 0 Å². The Morgan fingerprint density at radius 2 is 1.89 bits per heavy atom. The van der Waals surface area contributed by atoms with E-state index in [0.29, 0.717) is 29.3 Å². The summed E-state index contributed by atoms with van der Waals surface area (Å²) in [6, 6.07) is 7.60. The minimum atomic E-state index is -0.103. The minimum Gasteiger partial charge on any atom is -0.472 e. The van der Waals surface area contributed by atoms with Crippen LogP contribution in [0.2, 0.25) is 0 Å². The van der Waals surface area contributed by atoms with Crippen molar-refractivity contribution in [1.82, 2.24) is 35.1 Å². The van der Waals surface area contributed by atoms with Crippen LogP contribution in [0.3, 0.4) is 0 Å². The second kappa shape index (κ2) is 8.66. The largest absolute Gasteiger partial charge is 0.472 e. The van der Waals surface area contributed by atoms with Crippen LogP contribution < -0.4 is 5.32 Å². The van der Waals surface area contributed by atoms with Gasteiger partial charge in [0.1, 0.15) is 16.9 Å². The fraction of sp³-hybridized carbons (Fsp3) is 0.185. The van der Waals surface area contributed by atoms with Gasteiger partial charge in [-0.2, -0.15) is 5.10 Å². The van der Waals surface area contributed by atoms with Gasteiger partial charge in [-0.1, -0.05) is 20.8 Å². The zero-order valence-electron chi connectivity index (χ0n) is 20.5. The Morgan fingerprint density at radius 3 is 2.70 bits per heavy atom. The maximum Gasteiger partial charge on any atom is 0.224 e. The SMILES string of the molecule is CC(C)(C)CC(=O)Nc1cncc(-c2cnc3[nH]nc(-c4nc5c(-c6ccoc6)nccc5[nH]4)c3c2)c1. The molecular formula is C27H24N8O2. The zero-order valence-corrected chi connectivity index (χ0v) is 20.5. The number of carbonyl (C=O) groups is 1. The van der Waals surface area contributed by atoms with Gasteiger partial charge < -0.3 is 14.7 Å². The molecule has 6 aromatic heterocycles. The van der Waals surface area contributed by atoms with Crippen molar-refractivity contribution >= 4 is 33.7 Å². The van der Waals surface area contributed by atoms with E-state index < -0.39 is 0 Å². The zero-order chi connectivity index (χ0) is 25.6. The smallest absolute Gasteiger partial charge is 0.224 e. The molecule has 6 heterocycles. The number of nitrogens with one attached hydrogen (secondary N) is 3. The van der Waals surface area contributed by atoms with Gasteiger partial charge in [-0.3, -0.25) is 19.9 Å². The number of hydrogen-bond acceptors (Lipinski definition) is 7. The van der Waals surface area contributed by atoms with Crippen molar-refractivity contribution in [3.63, 3.8) is 0 Å². The van der Waals surface area contributed by atoms with Crippen molar-refractivity contribution in [3.8, 4) is 33.9 Å². The van der Waals surface area contributed by atoms with Crippen molar-refractivity contribution in [2.24, 2.45) is 5.41 Å². The molecule has 0 aliphatic rings. The summed E-state index contributed by atoms with van der Waals surface area (Å²) in [6.45, 7) is 6.09. The number of carbonyl (C=O) groups excluding carboxylic acids is 1. The summed E-state index contributed by atoms with van der Waals surface area (Å²) in [5, 5.41) is 11.2. The van der Waals surface area contributed by atoms with Gasteiger partial charge in [0.05, 0.1) is 35.3 Å². The molecule has 37 heavy (non-hydrogen) atoms. The Hall–Kier alpha value is -4.86. The number of aromatic amines is 2. The first-order valence-corrected chi connectivity index (χ1v) is 11.8. The van der Waals surface area contributed by atoms with E-state index in [1.54, 1.807) is 37.3 Å². The topological polar surface area (TPSA) is 138 Å². The van der Waals surface area contributed by atoms with Gasteiger partial charge >= 0.3 is 0 Å². The van der Waals surface area contributed by atoms with Gasteiger partial charge in [-0.25, -0.2) is 9.97 Å². The van der Waals surface area contributed by atoms with Gasteiger partial charge in [-0.05, 0) is 29.7 Å². The summed E-state index contributed by atoms with van der Waals surface area (Å²) in [6.07, 6.45) is 10.5. The molecule has 0 radical (unpaired) electrons. The Morgan fingerprint density at radius 1 is 1.03 bits per heavy atom. The number of pyridine rings is 3. The molecule has 1 amide bonds. The molecule has 0 spiro atoms. The molecule has 10 nitrogen and oxygen atoms in total. The lowest BCUT2D eigenvalue weighted by molar-refractivity contribution is -0.117. The van der Waals surface area contributed by atoms with E-state index >= 15 is 0 Å². The lowest BCUT2D eigenvalue weighted by Gasteiger charge is -2.17. The number of hydrogen-bond donors (Lipinski definition) is 3. The van der Waals surface area contributed by atoms with E-state index in [0.717, 1.165) is 38.8 Å². The molecule has 6 aromatic rings. The van der Waals surface area contributed by atoms with E-state index in [9.17, 15) is 4.79 Å². The van der Waals surface area contributed by atoms with Crippen molar-refractivity contribution in [1.29, 1.82) is 0 Å². The van der Waals surface area contributed by atoms with Crippen LogP contribution in [-0.2, 0) is 4.79 Å². The molecule has 0 bridgehead atoms. The summed E-state index contributed by atoms with van der Waals surface area (Å²) in [5.41, 5.74) is 6.61. The van der Waals surface area contributed by atoms with Gasteiger partial charge in [0.25, 0.3) is 0 Å². The van der Waals surface area contributed by atoms with Crippen molar-refractivity contribution in [3.05, 3.63) is 61.6 Å². The normalized spacial score (nSPS) is 11.9. The number of nitrogens with zero attached hydrogens (tertiary/aromatic N) is 5. The van der Waals surface area contributed by atoms with Gasteiger partial charge in [-0.15, -0.1) is 0 Å². The highest BCUT2D eigenvalue weighted by molar-refractivity contribution is 5.96. The number of H-pyrrole nitrogens is 2.